The minimum atomic E-state index is -0.0768. The number of thiazole rings is 1. The molecule has 0 aliphatic carbocycles. The van der Waals surface area contributed by atoms with E-state index in [-0.39, 0.29) is 5.78 Å². The van der Waals surface area contributed by atoms with E-state index >= 15 is 0 Å². The van der Waals surface area contributed by atoms with Crippen LogP contribution in [0.1, 0.15) is 23.1 Å². The van der Waals surface area contributed by atoms with Crippen LogP contribution in [0.25, 0.3) is 11.3 Å². The molecule has 0 atom stereocenters. The van der Waals surface area contributed by atoms with Crippen molar-refractivity contribution in [3.63, 3.8) is 0 Å². The summed E-state index contributed by atoms with van der Waals surface area (Å²) in [5.41, 5.74) is 2.71. The number of ketones is 1. The fourth-order valence-corrected chi connectivity index (χ4v) is 2.51. The van der Waals surface area contributed by atoms with Crippen LogP contribution in [-0.2, 0) is 0 Å². The highest BCUT2D eigenvalue weighted by Gasteiger charge is 2.14. The van der Waals surface area contributed by atoms with E-state index in [9.17, 15) is 4.79 Å². The van der Waals surface area contributed by atoms with Gasteiger partial charge in [0.15, 0.2) is 10.9 Å². The van der Waals surface area contributed by atoms with Crippen LogP contribution in [0.4, 0.5) is 11.1 Å². The Morgan fingerprint density at radius 2 is 2.24 bits per heavy atom. The van der Waals surface area contributed by atoms with Crippen molar-refractivity contribution in [2.24, 2.45) is 0 Å². The van der Waals surface area contributed by atoms with Gasteiger partial charge in [0.25, 0.3) is 0 Å². The molecule has 106 valence electrons. The Hall–Kier alpha value is -2.61. The van der Waals surface area contributed by atoms with Gasteiger partial charge in [-0.2, -0.15) is 5.10 Å². The monoisotopic (exact) mass is 300 g/mol. The molecule has 0 radical (unpaired) electrons. The average Bonchev–Trinajstić information content (AvgIpc) is 3.06. The number of H-pyrrole nitrogens is 1. The number of hydrogen-bond donors (Lipinski definition) is 2. The molecular weight excluding hydrogens is 288 g/mol. The average molecular weight is 300 g/mol. The molecule has 0 aliphatic rings. The molecule has 0 amide bonds. The Kier molecular flexibility index (Phi) is 3.44. The Morgan fingerprint density at radius 3 is 3.00 bits per heavy atom. The van der Waals surface area contributed by atoms with Crippen LogP contribution in [-0.4, -0.2) is 30.9 Å². The largest absolute Gasteiger partial charge is 0.300 e. The van der Waals surface area contributed by atoms with Crippen molar-refractivity contribution in [3.8, 4) is 11.3 Å². The minimum absolute atomic E-state index is 0.0768. The van der Waals surface area contributed by atoms with Gasteiger partial charge in [-0.3, -0.25) is 9.89 Å². The summed E-state index contributed by atoms with van der Waals surface area (Å²) in [5, 5.41) is 12.1. The summed E-state index contributed by atoms with van der Waals surface area (Å²) in [6, 6.07) is 1.82. The van der Waals surface area contributed by atoms with Crippen molar-refractivity contribution in [2.75, 3.05) is 5.32 Å². The number of nitrogens with one attached hydrogen (secondary N) is 2. The normalized spacial score (nSPS) is 10.6. The van der Waals surface area contributed by atoms with Crippen LogP contribution >= 0.6 is 11.3 Å². The summed E-state index contributed by atoms with van der Waals surface area (Å²) in [7, 11) is 0. The number of carbonyl (C=O) groups is 1. The maximum absolute atomic E-state index is 11.5. The Labute approximate surface area is 124 Å². The molecule has 2 N–H and O–H groups in total. The summed E-state index contributed by atoms with van der Waals surface area (Å²) < 4.78 is 0. The maximum atomic E-state index is 11.5. The van der Waals surface area contributed by atoms with E-state index < -0.39 is 0 Å². The first-order chi connectivity index (χ1) is 10.1. The first-order valence-electron chi connectivity index (χ1n) is 6.20. The molecule has 0 bridgehead atoms. The van der Waals surface area contributed by atoms with Gasteiger partial charge < -0.3 is 5.32 Å². The molecule has 3 aromatic rings. The van der Waals surface area contributed by atoms with E-state index in [1.54, 1.807) is 12.4 Å². The summed E-state index contributed by atoms with van der Waals surface area (Å²) >= 11 is 1.41. The van der Waals surface area contributed by atoms with E-state index in [0.29, 0.717) is 28.0 Å². The molecule has 0 fully saturated rings. The fourth-order valence-electron chi connectivity index (χ4n) is 1.81. The highest BCUT2D eigenvalue weighted by Crippen LogP contribution is 2.27. The van der Waals surface area contributed by atoms with Gasteiger partial charge in [-0.15, -0.1) is 11.3 Å². The van der Waals surface area contributed by atoms with E-state index in [2.05, 4.69) is 30.5 Å². The van der Waals surface area contributed by atoms with Crippen molar-refractivity contribution in [1.29, 1.82) is 0 Å². The summed E-state index contributed by atoms with van der Waals surface area (Å²) in [6.45, 7) is 3.38. The number of Topliss-reactive ketones (excluding diaryl/α,β-unsaturated/α-hetero) is 1. The zero-order chi connectivity index (χ0) is 14.8. The van der Waals surface area contributed by atoms with Gasteiger partial charge in [-0.1, -0.05) is 0 Å². The molecule has 3 heterocycles. The third kappa shape index (κ3) is 2.79. The number of aromatic amines is 1. The first kappa shape index (κ1) is 13.4. The number of aryl methyl sites for hydroxylation is 1. The van der Waals surface area contributed by atoms with Crippen molar-refractivity contribution in [3.05, 3.63) is 35.2 Å². The lowest BCUT2D eigenvalue weighted by molar-refractivity contribution is 0.101. The van der Waals surface area contributed by atoms with Crippen LogP contribution in [0.15, 0.2) is 23.8 Å². The van der Waals surface area contributed by atoms with Crippen LogP contribution in [0.5, 0.6) is 0 Å². The van der Waals surface area contributed by atoms with Crippen molar-refractivity contribution in [2.45, 2.75) is 13.8 Å². The van der Waals surface area contributed by atoms with Crippen LogP contribution in [0.3, 0.4) is 0 Å². The molecule has 8 heteroatoms. The molecular formula is C13H12N6OS. The summed E-state index contributed by atoms with van der Waals surface area (Å²) in [5.74, 6) is 0.418. The highest BCUT2D eigenvalue weighted by molar-refractivity contribution is 7.14. The molecule has 0 saturated heterocycles. The predicted molar refractivity (Wildman–Crippen MR) is 79.8 cm³/mol. The van der Waals surface area contributed by atoms with Gasteiger partial charge >= 0.3 is 0 Å². The maximum Gasteiger partial charge on any atom is 0.229 e. The number of carbonyl (C=O) groups excluding carboxylic acids is 1. The summed E-state index contributed by atoms with van der Waals surface area (Å²) in [6.07, 6.45) is 3.28. The first-order valence-corrected chi connectivity index (χ1v) is 7.08. The van der Waals surface area contributed by atoms with Gasteiger partial charge in [-0.25, -0.2) is 15.0 Å². The van der Waals surface area contributed by atoms with Crippen molar-refractivity contribution >= 4 is 28.2 Å². The number of hydrogen-bond acceptors (Lipinski definition) is 7. The number of nitrogens with zero attached hydrogens (tertiary/aromatic N) is 4. The molecule has 0 spiro atoms. The molecule has 7 nitrogen and oxygen atoms in total. The zero-order valence-corrected chi connectivity index (χ0v) is 12.2. The van der Waals surface area contributed by atoms with Gasteiger partial charge in [0, 0.05) is 29.8 Å². The lowest BCUT2D eigenvalue weighted by atomic mass is 10.1. The molecule has 0 unspecified atom stereocenters. The van der Waals surface area contributed by atoms with Crippen LogP contribution in [0, 0.1) is 6.92 Å². The second kappa shape index (κ2) is 5.41. The fraction of sp³-hybridized carbons (Fsp3) is 0.154. The third-order valence-electron chi connectivity index (χ3n) is 2.79. The van der Waals surface area contributed by atoms with E-state index in [1.807, 2.05) is 18.4 Å². The topological polar surface area (TPSA) is 96.5 Å². The third-order valence-corrected chi connectivity index (χ3v) is 3.54. The van der Waals surface area contributed by atoms with Crippen LogP contribution in [0.2, 0.25) is 0 Å². The summed E-state index contributed by atoms with van der Waals surface area (Å²) in [4.78, 5) is 24.3. The van der Waals surface area contributed by atoms with Crippen molar-refractivity contribution < 1.29 is 4.79 Å². The van der Waals surface area contributed by atoms with Gasteiger partial charge in [0.2, 0.25) is 5.95 Å². The Morgan fingerprint density at radius 1 is 1.38 bits per heavy atom. The van der Waals surface area contributed by atoms with E-state index in [1.165, 1.54) is 18.3 Å². The van der Waals surface area contributed by atoms with Gasteiger partial charge in [-0.05, 0) is 13.0 Å². The number of anilines is 2. The highest BCUT2D eigenvalue weighted by atomic mass is 32.1. The quantitative estimate of drug-likeness (QED) is 0.719. The Balaban J connectivity index is 1.86. The van der Waals surface area contributed by atoms with Gasteiger partial charge in [0.1, 0.15) is 5.69 Å². The second-order valence-electron chi connectivity index (χ2n) is 4.40. The van der Waals surface area contributed by atoms with Crippen LogP contribution < -0.4 is 5.32 Å². The smallest absolute Gasteiger partial charge is 0.229 e. The van der Waals surface area contributed by atoms with Crippen molar-refractivity contribution in [1.82, 2.24) is 25.1 Å². The minimum Gasteiger partial charge on any atom is -0.300 e. The molecule has 21 heavy (non-hydrogen) atoms. The predicted octanol–water partition coefficient (Wildman–Crippen LogP) is 2.58. The molecule has 0 aliphatic heterocycles. The van der Waals surface area contributed by atoms with E-state index in [0.717, 1.165) is 5.69 Å². The molecule has 0 aromatic carbocycles. The number of aromatic nitrogens is 5. The van der Waals surface area contributed by atoms with Gasteiger partial charge in [0.05, 0.1) is 11.9 Å². The number of rotatable bonds is 4. The lowest BCUT2D eigenvalue weighted by Gasteiger charge is -2.00. The lowest BCUT2D eigenvalue weighted by Crippen LogP contribution is -1.98. The SMILES string of the molecule is CC(=O)c1[nH]ncc1-c1csc(Nc2nccc(C)n2)n1. The molecule has 3 rings (SSSR count). The zero-order valence-electron chi connectivity index (χ0n) is 11.4. The molecule has 0 saturated carbocycles. The van der Waals surface area contributed by atoms with E-state index in [4.69, 9.17) is 0 Å². The second-order valence-corrected chi connectivity index (χ2v) is 5.26. The molecule has 3 aromatic heterocycles. The standard InChI is InChI=1S/C13H12N6OS/c1-7-3-4-14-12(16-7)18-13-17-10(6-21-13)9-5-15-19-11(9)8(2)20/h3-6H,1-2H3,(H,15,19)(H,14,16,17,18). The Bertz CT molecular complexity index is 793.